The fraction of sp³-hybridized carbons (Fsp3) is 0.350. The van der Waals surface area contributed by atoms with Gasteiger partial charge in [-0.2, -0.15) is 5.10 Å². The van der Waals surface area contributed by atoms with Gasteiger partial charge in [-0.1, -0.05) is 23.5 Å². The number of rotatable bonds is 7. The lowest BCUT2D eigenvalue weighted by Gasteiger charge is -2.32. The highest BCUT2D eigenvalue weighted by atomic mass is 32.1. The van der Waals surface area contributed by atoms with Gasteiger partial charge >= 0.3 is 6.36 Å². The van der Waals surface area contributed by atoms with Crippen LogP contribution in [0.25, 0.3) is 0 Å². The summed E-state index contributed by atoms with van der Waals surface area (Å²) in [5.74, 6) is 0.0621. The van der Waals surface area contributed by atoms with Crippen LogP contribution in [0.5, 0.6) is 5.75 Å². The van der Waals surface area contributed by atoms with E-state index >= 15 is 0 Å². The molecule has 33 heavy (non-hydrogen) atoms. The molecule has 0 spiro atoms. The molecule has 3 aromatic rings. The number of amides is 1. The Balaban J connectivity index is 1.25. The number of hydrogen-bond acceptors (Lipinski definition) is 9. The van der Waals surface area contributed by atoms with Gasteiger partial charge in [0.25, 0.3) is 0 Å². The zero-order valence-electron chi connectivity index (χ0n) is 17.2. The van der Waals surface area contributed by atoms with Crippen molar-refractivity contribution in [3.63, 3.8) is 0 Å². The minimum Gasteiger partial charge on any atom is -0.406 e. The third-order valence-corrected chi connectivity index (χ3v) is 5.64. The van der Waals surface area contributed by atoms with Crippen molar-refractivity contribution in [3.05, 3.63) is 48.2 Å². The molecular formula is C20H20F3N7O2S. The summed E-state index contributed by atoms with van der Waals surface area (Å²) in [5.41, 5.74) is 0.381. The van der Waals surface area contributed by atoms with Crippen molar-refractivity contribution in [1.82, 2.24) is 20.4 Å². The SMILES string of the molecule is O=C(Cc1cccc(OC(F)(F)F)c1)Nc1nnc(NC2CCN(c3cccnn3)CC2)s1. The topological polar surface area (TPSA) is 105 Å². The Bertz CT molecular complexity index is 1070. The van der Waals surface area contributed by atoms with E-state index in [0.717, 1.165) is 31.7 Å². The van der Waals surface area contributed by atoms with E-state index in [2.05, 4.69) is 40.7 Å². The number of carbonyl (C=O) groups excluding carboxylic acids is 1. The van der Waals surface area contributed by atoms with E-state index in [0.29, 0.717) is 15.8 Å². The zero-order valence-corrected chi connectivity index (χ0v) is 18.1. The Labute approximate surface area is 191 Å². The number of hydrogen-bond donors (Lipinski definition) is 2. The van der Waals surface area contributed by atoms with Crippen LogP contribution in [-0.2, 0) is 11.2 Å². The van der Waals surface area contributed by atoms with Gasteiger partial charge in [0.1, 0.15) is 5.75 Å². The smallest absolute Gasteiger partial charge is 0.406 e. The van der Waals surface area contributed by atoms with Crippen molar-refractivity contribution in [2.75, 3.05) is 28.6 Å². The maximum Gasteiger partial charge on any atom is 0.573 e. The average molecular weight is 479 g/mol. The van der Waals surface area contributed by atoms with Crippen LogP contribution in [-0.4, -0.2) is 51.8 Å². The molecule has 1 aromatic carbocycles. The van der Waals surface area contributed by atoms with Gasteiger partial charge in [0.2, 0.25) is 16.2 Å². The first kappa shape index (κ1) is 22.7. The molecule has 2 aromatic heterocycles. The Morgan fingerprint density at radius 1 is 1.12 bits per heavy atom. The van der Waals surface area contributed by atoms with Gasteiger partial charge in [0.15, 0.2) is 5.82 Å². The largest absolute Gasteiger partial charge is 0.573 e. The standard InChI is InChI=1S/C20H20F3N7O2S/c21-20(22,23)32-15-4-1-3-13(11-15)12-17(31)26-19-29-28-18(33-19)25-14-6-9-30(10-7-14)16-5-2-8-24-27-16/h1-5,8,11,14H,6-7,9-10,12H2,(H,25,28)(H,26,29,31). The van der Waals surface area contributed by atoms with Crippen LogP contribution in [0, 0.1) is 0 Å². The first-order valence-corrected chi connectivity index (χ1v) is 10.9. The maximum atomic E-state index is 12.4. The molecular weight excluding hydrogens is 459 g/mol. The third-order valence-electron chi connectivity index (χ3n) is 4.87. The number of benzene rings is 1. The number of aromatic nitrogens is 4. The van der Waals surface area contributed by atoms with Crippen molar-refractivity contribution >= 4 is 33.3 Å². The normalized spacial score (nSPS) is 14.7. The minimum atomic E-state index is -4.79. The molecule has 0 aliphatic carbocycles. The predicted octanol–water partition coefficient (Wildman–Crippen LogP) is 3.49. The highest BCUT2D eigenvalue weighted by Crippen LogP contribution is 2.26. The summed E-state index contributed by atoms with van der Waals surface area (Å²) >= 11 is 1.20. The van der Waals surface area contributed by atoms with Crippen molar-refractivity contribution < 1.29 is 22.7 Å². The monoisotopic (exact) mass is 479 g/mol. The molecule has 1 aliphatic heterocycles. The van der Waals surface area contributed by atoms with Gasteiger partial charge < -0.3 is 20.3 Å². The van der Waals surface area contributed by atoms with E-state index in [9.17, 15) is 18.0 Å². The molecule has 0 saturated carbocycles. The van der Waals surface area contributed by atoms with Crippen LogP contribution >= 0.6 is 11.3 Å². The van der Waals surface area contributed by atoms with Gasteiger partial charge in [0.05, 0.1) is 6.42 Å². The number of alkyl halides is 3. The average Bonchev–Trinajstić information content (AvgIpc) is 3.20. The van der Waals surface area contributed by atoms with Crippen molar-refractivity contribution in [2.45, 2.75) is 31.7 Å². The molecule has 3 heterocycles. The summed E-state index contributed by atoms with van der Waals surface area (Å²) in [6.45, 7) is 1.66. The molecule has 4 rings (SSSR count). The Morgan fingerprint density at radius 2 is 1.91 bits per heavy atom. The first-order valence-electron chi connectivity index (χ1n) is 10.1. The highest BCUT2D eigenvalue weighted by Gasteiger charge is 2.31. The number of nitrogens with zero attached hydrogens (tertiary/aromatic N) is 5. The molecule has 1 amide bonds. The molecule has 0 radical (unpaired) electrons. The number of nitrogens with one attached hydrogen (secondary N) is 2. The Kier molecular flexibility index (Phi) is 6.87. The van der Waals surface area contributed by atoms with Crippen LogP contribution in [0.4, 0.5) is 29.3 Å². The van der Waals surface area contributed by atoms with E-state index in [1.54, 1.807) is 12.3 Å². The molecule has 1 saturated heterocycles. The number of carbonyl (C=O) groups is 1. The molecule has 174 valence electrons. The van der Waals surface area contributed by atoms with Gasteiger partial charge in [-0.15, -0.1) is 28.5 Å². The lowest BCUT2D eigenvalue weighted by Crippen LogP contribution is -2.39. The second-order valence-electron chi connectivity index (χ2n) is 7.32. The highest BCUT2D eigenvalue weighted by molar-refractivity contribution is 7.19. The number of piperidine rings is 1. The van der Waals surface area contributed by atoms with E-state index in [-0.39, 0.29) is 18.2 Å². The second-order valence-corrected chi connectivity index (χ2v) is 8.30. The summed E-state index contributed by atoms with van der Waals surface area (Å²) < 4.78 is 41.0. The molecule has 1 aliphatic rings. The second kappa shape index (κ2) is 9.98. The number of halogens is 3. The van der Waals surface area contributed by atoms with Crippen LogP contribution in [0.1, 0.15) is 18.4 Å². The summed E-state index contributed by atoms with van der Waals surface area (Å²) in [6.07, 6.45) is -1.51. The van der Waals surface area contributed by atoms with Crippen LogP contribution in [0.3, 0.4) is 0 Å². The number of anilines is 3. The molecule has 0 unspecified atom stereocenters. The van der Waals surface area contributed by atoms with Gasteiger partial charge in [-0.05, 0) is 42.7 Å². The van der Waals surface area contributed by atoms with Gasteiger partial charge in [-0.3, -0.25) is 4.79 Å². The van der Waals surface area contributed by atoms with E-state index in [4.69, 9.17) is 0 Å². The lowest BCUT2D eigenvalue weighted by atomic mass is 10.1. The van der Waals surface area contributed by atoms with Gasteiger partial charge in [0, 0.05) is 25.3 Å². The molecule has 9 nitrogen and oxygen atoms in total. The van der Waals surface area contributed by atoms with Crippen molar-refractivity contribution in [1.29, 1.82) is 0 Å². The summed E-state index contributed by atoms with van der Waals surface area (Å²) in [6, 6.07) is 9.29. The van der Waals surface area contributed by atoms with Gasteiger partial charge in [-0.25, -0.2) is 0 Å². The molecule has 0 bridgehead atoms. The minimum absolute atomic E-state index is 0.127. The van der Waals surface area contributed by atoms with E-state index < -0.39 is 12.3 Å². The predicted molar refractivity (Wildman–Crippen MR) is 116 cm³/mol. The summed E-state index contributed by atoms with van der Waals surface area (Å²) in [7, 11) is 0. The van der Waals surface area contributed by atoms with Crippen molar-refractivity contribution in [3.8, 4) is 5.75 Å². The molecule has 2 N–H and O–H groups in total. The van der Waals surface area contributed by atoms with E-state index in [1.807, 2.05) is 12.1 Å². The van der Waals surface area contributed by atoms with E-state index in [1.165, 1.54) is 29.5 Å². The van der Waals surface area contributed by atoms with Crippen LogP contribution in [0.2, 0.25) is 0 Å². The van der Waals surface area contributed by atoms with Crippen LogP contribution in [0.15, 0.2) is 42.6 Å². The van der Waals surface area contributed by atoms with Crippen molar-refractivity contribution in [2.24, 2.45) is 0 Å². The summed E-state index contributed by atoms with van der Waals surface area (Å²) in [4.78, 5) is 14.4. The third kappa shape index (κ3) is 6.75. The summed E-state index contributed by atoms with van der Waals surface area (Å²) in [5, 5.41) is 22.9. The fourth-order valence-electron chi connectivity index (χ4n) is 3.42. The molecule has 0 atom stereocenters. The molecule has 13 heteroatoms. The lowest BCUT2D eigenvalue weighted by molar-refractivity contribution is -0.274. The Morgan fingerprint density at radius 3 is 2.64 bits per heavy atom. The maximum absolute atomic E-state index is 12.4. The number of ether oxygens (including phenoxy) is 1. The van der Waals surface area contributed by atoms with Crippen LogP contribution < -0.4 is 20.3 Å². The first-order chi connectivity index (χ1) is 15.8. The fourth-order valence-corrected chi connectivity index (χ4v) is 4.16. The quantitative estimate of drug-likeness (QED) is 0.531. The Hall–Kier alpha value is -3.48. The zero-order chi connectivity index (χ0) is 23.3. The molecule has 1 fully saturated rings.